The molecule has 6 heteroatoms. The minimum absolute atomic E-state index is 0.221. The van der Waals surface area contributed by atoms with Gasteiger partial charge in [0.25, 0.3) is 0 Å². The normalized spacial score (nSPS) is 31.9. The minimum Gasteiger partial charge on any atom is -0.394 e. The minimum atomic E-state index is -1.59. The number of hydrogen-bond acceptors (Lipinski definition) is 6. The number of benzene rings is 2. The van der Waals surface area contributed by atoms with Gasteiger partial charge in [-0.05, 0) is 41.2 Å². The van der Waals surface area contributed by atoms with Gasteiger partial charge >= 0.3 is 0 Å². The van der Waals surface area contributed by atoms with Crippen LogP contribution in [0, 0.1) is 0 Å². The fourth-order valence-corrected chi connectivity index (χ4v) is 4.06. The van der Waals surface area contributed by atoms with Crippen molar-refractivity contribution in [3.05, 3.63) is 70.3 Å². The molecule has 0 aliphatic carbocycles. The molecule has 0 radical (unpaired) electrons. The van der Waals surface area contributed by atoms with Crippen molar-refractivity contribution >= 4 is 0 Å². The maximum absolute atomic E-state index is 10.7. The first-order valence-electron chi connectivity index (χ1n) is 9.65. The van der Waals surface area contributed by atoms with Crippen LogP contribution in [0.2, 0.25) is 0 Å². The summed E-state index contributed by atoms with van der Waals surface area (Å²) in [6.45, 7) is 1.85. The van der Waals surface area contributed by atoms with E-state index in [1.165, 1.54) is 11.1 Å². The fourth-order valence-electron chi connectivity index (χ4n) is 4.06. The summed E-state index contributed by atoms with van der Waals surface area (Å²) in [5, 5.41) is 40.5. The summed E-state index contributed by atoms with van der Waals surface area (Å²) in [7, 11) is 0. The molecule has 4 N–H and O–H groups in total. The summed E-state index contributed by atoms with van der Waals surface area (Å²) in [5.41, 5.74) is 4.95. The van der Waals surface area contributed by atoms with E-state index in [-0.39, 0.29) is 6.61 Å². The molecule has 150 valence electrons. The van der Waals surface area contributed by atoms with Crippen molar-refractivity contribution in [3.63, 3.8) is 0 Å². The Balaban J connectivity index is 1.66. The van der Waals surface area contributed by atoms with E-state index < -0.39 is 36.8 Å². The molecular weight excluding hydrogens is 360 g/mol. The highest BCUT2D eigenvalue weighted by molar-refractivity contribution is 5.41. The van der Waals surface area contributed by atoms with E-state index in [0.29, 0.717) is 12.0 Å². The lowest BCUT2D eigenvalue weighted by atomic mass is 9.86. The van der Waals surface area contributed by atoms with Gasteiger partial charge in [0.2, 0.25) is 5.79 Å². The Kier molecular flexibility index (Phi) is 5.26. The Labute approximate surface area is 164 Å². The third-order valence-electron chi connectivity index (χ3n) is 5.78. The predicted octanol–water partition coefficient (Wildman–Crippen LogP) is 0.997. The molecule has 4 rings (SSSR count). The standard InChI is InChI=1S/C22H26O6/c1-2-13-3-5-14(6-4-13)9-15-7-8-16-12-27-22(17(16)10-15)21(26)20(25)19(24)18(11-23)28-22/h3-8,10,18-21,23-26H,2,9,11-12H2,1H3/t18?,19-,20?,21+,22+/m1/s1. The molecule has 0 bridgehead atoms. The molecule has 2 aliphatic rings. The molecule has 28 heavy (non-hydrogen) atoms. The summed E-state index contributed by atoms with van der Waals surface area (Å²) in [4.78, 5) is 0. The maximum Gasteiger partial charge on any atom is 0.225 e. The Morgan fingerprint density at radius 3 is 2.32 bits per heavy atom. The number of ether oxygens (including phenoxy) is 2. The van der Waals surface area contributed by atoms with Gasteiger partial charge < -0.3 is 29.9 Å². The van der Waals surface area contributed by atoms with Crippen molar-refractivity contribution in [2.24, 2.45) is 0 Å². The quantitative estimate of drug-likeness (QED) is 0.626. The molecule has 0 aromatic heterocycles. The zero-order chi connectivity index (χ0) is 19.9. The summed E-state index contributed by atoms with van der Waals surface area (Å²) in [6, 6.07) is 14.3. The largest absolute Gasteiger partial charge is 0.394 e. The molecule has 0 amide bonds. The molecule has 6 nitrogen and oxygen atoms in total. The van der Waals surface area contributed by atoms with Gasteiger partial charge in [-0.3, -0.25) is 0 Å². The van der Waals surface area contributed by atoms with E-state index in [4.69, 9.17) is 9.47 Å². The SMILES string of the molecule is CCc1ccc(Cc2ccc3c(c2)[C@]2(OC3)OC(CO)[C@@H](O)C(O)[C@@H]2O)cc1. The van der Waals surface area contributed by atoms with Crippen LogP contribution in [-0.4, -0.2) is 51.4 Å². The molecule has 2 aliphatic heterocycles. The second kappa shape index (κ2) is 7.55. The lowest BCUT2D eigenvalue weighted by molar-refractivity contribution is -0.368. The lowest BCUT2D eigenvalue weighted by Gasteiger charge is -2.46. The first-order valence-corrected chi connectivity index (χ1v) is 9.65. The molecule has 0 saturated carbocycles. The third kappa shape index (κ3) is 3.16. The molecule has 2 aromatic rings. The number of aryl methyl sites for hydroxylation is 1. The maximum atomic E-state index is 10.7. The fraction of sp³-hybridized carbons (Fsp3) is 0.455. The highest BCUT2D eigenvalue weighted by Crippen LogP contribution is 2.46. The van der Waals surface area contributed by atoms with E-state index in [1.807, 2.05) is 18.2 Å². The number of aliphatic hydroxyl groups excluding tert-OH is 4. The van der Waals surface area contributed by atoms with E-state index in [1.54, 1.807) is 0 Å². The van der Waals surface area contributed by atoms with Crippen LogP contribution in [-0.2, 0) is 34.7 Å². The van der Waals surface area contributed by atoms with E-state index in [2.05, 4.69) is 31.2 Å². The average molecular weight is 386 g/mol. The molecule has 2 unspecified atom stereocenters. The highest BCUT2D eigenvalue weighted by Gasteiger charge is 2.58. The van der Waals surface area contributed by atoms with Crippen molar-refractivity contribution in [1.29, 1.82) is 0 Å². The van der Waals surface area contributed by atoms with E-state index >= 15 is 0 Å². The first-order chi connectivity index (χ1) is 13.5. The average Bonchev–Trinajstić information content (AvgIpc) is 3.08. The van der Waals surface area contributed by atoms with Gasteiger partial charge in [0.05, 0.1) is 13.2 Å². The van der Waals surface area contributed by atoms with Crippen LogP contribution < -0.4 is 0 Å². The van der Waals surface area contributed by atoms with Gasteiger partial charge in [-0.25, -0.2) is 0 Å². The monoisotopic (exact) mass is 386 g/mol. The Morgan fingerprint density at radius 1 is 0.964 bits per heavy atom. The van der Waals surface area contributed by atoms with Gasteiger partial charge in [-0.15, -0.1) is 0 Å². The van der Waals surface area contributed by atoms with Crippen molar-refractivity contribution in [3.8, 4) is 0 Å². The molecule has 1 saturated heterocycles. The van der Waals surface area contributed by atoms with Crippen molar-refractivity contribution in [1.82, 2.24) is 0 Å². The second-order valence-corrected chi connectivity index (χ2v) is 7.56. The van der Waals surface area contributed by atoms with Crippen LogP contribution in [0.15, 0.2) is 42.5 Å². The van der Waals surface area contributed by atoms with Crippen molar-refractivity contribution in [2.75, 3.05) is 6.61 Å². The van der Waals surface area contributed by atoms with Crippen LogP contribution in [0.4, 0.5) is 0 Å². The van der Waals surface area contributed by atoms with Gasteiger partial charge in [0.1, 0.15) is 24.4 Å². The van der Waals surface area contributed by atoms with Crippen LogP contribution in [0.5, 0.6) is 0 Å². The van der Waals surface area contributed by atoms with Gasteiger partial charge in [-0.1, -0.05) is 43.3 Å². The smallest absolute Gasteiger partial charge is 0.225 e. The zero-order valence-corrected chi connectivity index (χ0v) is 15.8. The summed E-state index contributed by atoms with van der Waals surface area (Å²) in [5.74, 6) is -1.59. The van der Waals surface area contributed by atoms with E-state index in [9.17, 15) is 20.4 Å². The van der Waals surface area contributed by atoms with Crippen molar-refractivity contribution in [2.45, 2.75) is 56.6 Å². The molecule has 2 heterocycles. The topological polar surface area (TPSA) is 99.4 Å². The Morgan fingerprint density at radius 2 is 1.64 bits per heavy atom. The number of hydrogen-bond donors (Lipinski definition) is 4. The second-order valence-electron chi connectivity index (χ2n) is 7.56. The zero-order valence-electron chi connectivity index (χ0n) is 15.8. The number of fused-ring (bicyclic) bond motifs is 2. The van der Waals surface area contributed by atoms with Gasteiger partial charge in [0, 0.05) is 5.56 Å². The molecule has 1 spiro atoms. The van der Waals surface area contributed by atoms with Gasteiger partial charge in [-0.2, -0.15) is 0 Å². The number of rotatable bonds is 4. The summed E-state index contributed by atoms with van der Waals surface area (Å²) < 4.78 is 11.6. The van der Waals surface area contributed by atoms with Crippen molar-refractivity contribution < 1.29 is 29.9 Å². The highest BCUT2D eigenvalue weighted by atomic mass is 16.7. The summed E-state index contributed by atoms with van der Waals surface area (Å²) >= 11 is 0. The van der Waals surface area contributed by atoms with E-state index in [0.717, 1.165) is 17.5 Å². The molecule has 2 aromatic carbocycles. The predicted molar refractivity (Wildman–Crippen MR) is 102 cm³/mol. The Bertz CT molecular complexity index is 833. The van der Waals surface area contributed by atoms with Gasteiger partial charge in [0.15, 0.2) is 0 Å². The molecular formula is C22H26O6. The van der Waals surface area contributed by atoms with Crippen LogP contribution in [0.3, 0.4) is 0 Å². The lowest BCUT2D eigenvalue weighted by Crippen LogP contribution is -2.63. The number of aliphatic hydroxyl groups is 4. The van der Waals surface area contributed by atoms with Crippen LogP contribution >= 0.6 is 0 Å². The first kappa shape index (κ1) is 19.5. The molecule has 5 atom stereocenters. The van der Waals surface area contributed by atoms with Crippen LogP contribution in [0.25, 0.3) is 0 Å². The third-order valence-corrected chi connectivity index (χ3v) is 5.78. The van der Waals surface area contributed by atoms with Crippen LogP contribution in [0.1, 0.15) is 34.7 Å². The molecule has 1 fully saturated rings. The Hall–Kier alpha value is -1.80. The summed E-state index contributed by atoms with van der Waals surface area (Å²) in [6.07, 6.45) is -3.69.